The Labute approximate surface area is 135 Å². The second-order valence-electron chi connectivity index (χ2n) is 6.18. The van der Waals surface area contributed by atoms with Crippen molar-refractivity contribution in [2.45, 2.75) is 20.0 Å². The quantitative estimate of drug-likeness (QED) is 0.617. The normalized spacial score (nSPS) is 22.3. The molecule has 5 nitrogen and oxygen atoms in total. The van der Waals surface area contributed by atoms with Gasteiger partial charge >= 0.3 is 11.9 Å². The van der Waals surface area contributed by atoms with Crippen LogP contribution in [0.15, 0.2) is 42.5 Å². The van der Waals surface area contributed by atoms with Gasteiger partial charge in [-0.3, -0.25) is 4.79 Å². The molecule has 23 heavy (non-hydrogen) atoms. The number of hydrogen-bond acceptors (Lipinski definition) is 5. The van der Waals surface area contributed by atoms with Crippen molar-refractivity contribution < 1.29 is 19.1 Å². The highest BCUT2D eigenvalue weighted by atomic mass is 16.5. The third kappa shape index (κ3) is 3.11. The Morgan fingerprint density at radius 3 is 2.43 bits per heavy atom. The van der Waals surface area contributed by atoms with Gasteiger partial charge in [-0.2, -0.15) is 5.26 Å². The van der Waals surface area contributed by atoms with Crippen LogP contribution in [0.1, 0.15) is 24.2 Å². The summed E-state index contributed by atoms with van der Waals surface area (Å²) in [6.45, 7) is 7.44. The van der Waals surface area contributed by atoms with E-state index in [4.69, 9.17) is 14.7 Å². The van der Waals surface area contributed by atoms with Crippen LogP contribution in [0.25, 0.3) is 0 Å². The topological polar surface area (TPSA) is 76.4 Å². The number of hydrogen-bond donors (Lipinski definition) is 0. The molecular formula is C18H19NO4. The van der Waals surface area contributed by atoms with E-state index >= 15 is 0 Å². The Hall–Kier alpha value is -2.61. The minimum absolute atomic E-state index is 0.124. The van der Waals surface area contributed by atoms with Crippen molar-refractivity contribution in [3.05, 3.63) is 48.0 Å². The lowest BCUT2D eigenvalue weighted by molar-refractivity contribution is -0.143. The fraction of sp³-hybridized carbons (Fsp3) is 0.389. The first-order valence-corrected chi connectivity index (χ1v) is 7.27. The molecule has 2 rings (SSSR count). The first-order valence-electron chi connectivity index (χ1n) is 7.27. The molecule has 0 saturated heterocycles. The van der Waals surface area contributed by atoms with Crippen molar-refractivity contribution in [1.29, 1.82) is 5.26 Å². The zero-order valence-electron chi connectivity index (χ0n) is 13.4. The number of nitriles is 1. The van der Waals surface area contributed by atoms with Gasteiger partial charge in [-0.25, -0.2) is 4.79 Å². The number of nitrogens with zero attached hydrogens (tertiary/aromatic N) is 1. The van der Waals surface area contributed by atoms with Gasteiger partial charge in [0.05, 0.1) is 30.2 Å². The molecule has 0 spiro atoms. The highest BCUT2D eigenvalue weighted by molar-refractivity contribution is 5.89. The molecule has 0 amide bonds. The monoisotopic (exact) mass is 313 g/mol. The summed E-state index contributed by atoms with van der Waals surface area (Å²) in [5.41, 5.74) is 0.0872. The number of carbonyl (C=O) groups is 2. The molecule has 1 fully saturated rings. The SMILES string of the molecule is C=C(C#N)C(OC(=O)c1ccccc1)[C@@H]1[C@@H](C(=O)OC)C1(C)C. The summed E-state index contributed by atoms with van der Waals surface area (Å²) >= 11 is 0. The van der Waals surface area contributed by atoms with E-state index < -0.39 is 23.4 Å². The van der Waals surface area contributed by atoms with Crippen LogP contribution in [-0.2, 0) is 14.3 Å². The third-order valence-corrected chi connectivity index (χ3v) is 4.42. The van der Waals surface area contributed by atoms with E-state index in [1.807, 2.05) is 19.9 Å². The summed E-state index contributed by atoms with van der Waals surface area (Å²) in [6.07, 6.45) is -0.841. The number of esters is 2. The molecule has 0 aromatic heterocycles. The average molecular weight is 313 g/mol. The lowest BCUT2D eigenvalue weighted by atomic mass is 10.0. The molecule has 1 unspecified atom stereocenters. The number of methoxy groups -OCH3 is 1. The van der Waals surface area contributed by atoms with Crippen LogP contribution < -0.4 is 0 Å². The minimum atomic E-state index is -0.841. The zero-order chi connectivity index (χ0) is 17.2. The molecule has 1 saturated carbocycles. The van der Waals surface area contributed by atoms with E-state index in [0.29, 0.717) is 5.56 Å². The Morgan fingerprint density at radius 1 is 1.30 bits per heavy atom. The molecule has 1 aliphatic rings. The molecule has 0 heterocycles. The van der Waals surface area contributed by atoms with Crippen LogP contribution >= 0.6 is 0 Å². The second kappa shape index (κ2) is 6.25. The molecule has 1 aliphatic carbocycles. The van der Waals surface area contributed by atoms with Crippen LogP contribution in [0.4, 0.5) is 0 Å². The van der Waals surface area contributed by atoms with Crippen LogP contribution in [-0.4, -0.2) is 25.2 Å². The van der Waals surface area contributed by atoms with Gasteiger partial charge in [-0.15, -0.1) is 0 Å². The summed E-state index contributed by atoms with van der Waals surface area (Å²) in [4.78, 5) is 24.2. The molecule has 120 valence electrons. The predicted molar refractivity (Wildman–Crippen MR) is 83.2 cm³/mol. The largest absolute Gasteiger partial charge is 0.469 e. The molecular weight excluding hydrogens is 294 g/mol. The van der Waals surface area contributed by atoms with Crippen molar-refractivity contribution in [2.75, 3.05) is 7.11 Å². The fourth-order valence-electron chi connectivity index (χ4n) is 3.00. The lowest BCUT2D eigenvalue weighted by Crippen LogP contribution is -2.25. The smallest absolute Gasteiger partial charge is 0.338 e. The van der Waals surface area contributed by atoms with Crippen molar-refractivity contribution in [1.82, 2.24) is 0 Å². The van der Waals surface area contributed by atoms with E-state index in [1.54, 1.807) is 30.3 Å². The Morgan fingerprint density at radius 2 is 1.91 bits per heavy atom. The molecule has 3 atom stereocenters. The number of carbonyl (C=O) groups excluding carboxylic acids is 2. The lowest BCUT2D eigenvalue weighted by Gasteiger charge is -2.18. The van der Waals surface area contributed by atoms with Gasteiger partial charge in [0.2, 0.25) is 0 Å². The van der Waals surface area contributed by atoms with Gasteiger partial charge in [0.1, 0.15) is 6.10 Å². The minimum Gasteiger partial charge on any atom is -0.469 e. The molecule has 0 N–H and O–H groups in total. The molecule has 0 bridgehead atoms. The molecule has 1 aromatic carbocycles. The van der Waals surface area contributed by atoms with E-state index in [0.717, 1.165) is 0 Å². The predicted octanol–water partition coefficient (Wildman–Crippen LogP) is 2.74. The standard InChI is InChI=1S/C18H19NO4/c1-11(10-19)15(13-14(17(21)22-4)18(13,2)3)23-16(20)12-8-6-5-7-9-12/h5-9,13-15H,1H2,2-4H3/t13-,14-,15?/m0/s1. The Balaban J connectivity index is 2.23. The summed E-state index contributed by atoms with van der Waals surface area (Å²) in [5, 5.41) is 9.16. The van der Waals surface area contributed by atoms with Gasteiger partial charge in [0, 0.05) is 5.92 Å². The van der Waals surface area contributed by atoms with Crippen molar-refractivity contribution in [3.8, 4) is 6.07 Å². The summed E-state index contributed by atoms with van der Waals surface area (Å²) < 4.78 is 10.3. The van der Waals surface area contributed by atoms with E-state index in [-0.39, 0.29) is 17.5 Å². The highest BCUT2D eigenvalue weighted by Crippen LogP contribution is 2.61. The third-order valence-electron chi connectivity index (χ3n) is 4.42. The van der Waals surface area contributed by atoms with Crippen LogP contribution in [0.3, 0.4) is 0 Å². The maximum Gasteiger partial charge on any atom is 0.338 e. The molecule has 0 radical (unpaired) electrons. The first-order chi connectivity index (χ1) is 10.8. The first kappa shape index (κ1) is 16.8. The number of benzene rings is 1. The number of ether oxygens (including phenoxy) is 2. The second-order valence-corrected chi connectivity index (χ2v) is 6.18. The number of rotatable bonds is 5. The Kier molecular flexibility index (Phi) is 4.55. The molecule has 0 aliphatic heterocycles. The van der Waals surface area contributed by atoms with Crippen LogP contribution in [0.5, 0.6) is 0 Å². The van der Waals surface area contributed by atoms with E-state index in [2.05, 4.69) is 6.58 Å². The van der Waals surface area contributed by atoms with Gasteiger partial charge in [-0.1, -0.05) is 38.6 Å². The van der Waals surface area contributed by atoms with Gasteiger partial charge in [0.15, 0.2) is 0 Å². The van der Waals surface area contributed by atoms with Crippen LogP contribution in [0.2, 0.25) is 0 Å². The Bertz CT molecular complexity index is 672. The summed E-state index contributed by atoms with van der Waals surface area (Å²) in [7, 11) is 1.32. The van der Waals surface area contributed by atoms with Gasteiger partial charge in [-0.05, 0) is 17.5 Å². The fourth-order valence-corrected chi connectivity index (χ4v) is 3.00. The van der Waals surface area contributed by atoms with Crippen LogP contribution in [0, 0.1) is 28.6 Å². The highest BCUT2D eigenvalue weighted by Gasteiger charge is 2.67. The van der Waals surface area contributed by atoms with Crippen molar-refractivity contribution in [2.24, 2.45) is 17.3 Å². The van der Waals surface area contributed by atoms with E-state index in [1.165, 1.54) is 7.11 Å². The maximum absolute atomic E-state index is 12.3. The summed E-state index contributed by atoms with van der Waals surface area (Å²) in [5.74, 6) is -1.66. The van der Waals surface area contributed by atoms with Crippen molar-refractivity contribution >= 4 is 11.9 Å². The average Bonchev–Trinajstić information content (AvgIpc) is 3.13. The van der Waals surface area contributed by atoms with Gasteiger partial charge in [0.25, 0.3) is 0 Å². The zero-order valence-corrected chi connectivity index (χ0v) is 13.4. The van der Waals surface area contributed by atoms with E-state index in [9.17, 15) is 9.59 Å². The maximum atomic E-state index is 12.3. The van der Waals surface area contributed by atoms with Crippen molar-refractivity contribution in [3.63, 3.8) is 0 Å². The summed E-state index contributed by atoms with van der Waals surface area (Å²) in [6, 6.07) is 10.4. The molecule has 5 heteroatoms. The molecule has 1 aromatic rings. The van der Waals surface area contributed by atoms with Gasteiger partial charge < -0.3 is 9.47 Å².